The number of ether oxygens (including phenoxy) is 2. The Morgan fingerprint density at radius 1 is 1.00 bits per heavy atom. The molecule has 0 spiro atoms. The average Bonchev–Trinajstić information content (AvgIpc) is 2.93. The molecule has 0 aliphatic carbocycles. The first-order chi connectivity index (χ1) is 8.88. The molecule has 5 nitrogen and oxygen atoms in total. The summed E-state index contributed by atoms with van der Waals surface area (Å²) < 4.78 is 11.3. The van der Waals surface area contributed by atoms with Crippen molar-refractivity contribution >= 4 is 5.96 Å². The maximum atomic E-state index is 5.68. The SMILES string of the molecule is CN=C(NCC1CCCCO1)NCC1CCCO1. The maximum absolute atomic E-state index is 5.68. The summed E-state index contributed by atoms with van der Waals surface area (Å²) >= 11 is 0. The van der Waals surface area contributed by atoms with E-state index in [0.717, 1.165) is 45.1 Å². The van der Waals surface area contributed by atoms with E-state index in [2.05, 4.69) is 15.6 Å². The lowest BCUT2D eigenvalue weighted by Crippen LogP contribution is -2.44. The lowest BCUT2D eigenvalue weighted by molar-refractivity contribution is 0.0194. The summed E-state index contributed by atoms with van der Waals surface area (Å²) in [5.41, 5.74) is 0. The molecule has 18 heavy (non-hydrogen) atoms. The fourth-order valence-corrected chi connectivity index (χ4v) is 2.42. The van der Waals surface area contributed by atoms with Gasteiger partial charge in [-0.2, -0.15) is 0 Å². The van der Waals surface area contributed by atoms with Crippen LogP contribution in [0.1, 0.15) is 32.1 Å². The van der Waals surface area contributed by atoms with Crippen LogP contribution in [0.5, 0.6) is 0 Å². The molecule has 2 N–H and O–H groups in total. The van der Waals surface area contributed by atoms with Crippen LogP contribution in [0.25, 0.3) is 0 Å². The van der Waals surface area contributed by atoms with E-state index < -0.39 is 0 Å². The molecule has 2 saturated heterocycles. The molecule has 0 radical (unpaired) electrons. The third kappa shape index (κ3) is 4.46. The van der Waals surface area contributed by atoms with Gasteiger partial charge in [-0.15, -0.1) is 0 Å². The molecule has 0 aromatic carbocycles. The third-order valence-corrected chi connectivity index (χ3v) is 3.52. The average molecular weight is 255 g/mol. The minimum Gasteiger partial charge on any atom is -0.376 e. The van der Waals surface area contributed by atoms with Gasteiger partial charge in [-0.3, -0.25) is 4.99 Å². The molecule has 0 aromatic rings. The van der Waals surface area contributed by atoms with E-state index in [4.69, 9.17) is 9.47 Å². The summed E-state index contributed by atoms with van der Waals surface area (Å²) in [6.07, 6.45) is 6.62. The molecule has 2 rings (SSSR count). The van der Waals surface area contributed by atoms with Crippen molar-refractivity contribution in [3.05, 3.63) is 0 Å². The van der Waals surface area contributed by atoms with Gasteiger partial charge in [0.05, 0.1) is 12.2 Å². The van der Waals surface area contributed by atoms with Crippen LogP contribution in [0.4, 0.5) is 0 Å². The molecular weight excluding hydrogens is 230 g/mol. The van der Waals surface area contributed by atoms with Crippen LogP contribution in [0.15, 0.2) is 4.99 Å². The number of nitrogens with one attached hydrogen (secondary N) is 2. The summed E-state index contributed by atoms with van der Waals surface area (Å²) in [6, 6.07) is 0. The van der Waals surface area contributed by atoms with Crippen molar-refractivity contribution in [2.75, 3.05) is 33.4 Å². The second-order valence-corrected chi connectivity index (χ2v) is 4.96. The van der Waals surface area contributed by atoms with Crippen molar-refractivity contribution < 1.29 is 9.47 Å². The number of nitrogens with zero attached hydrogens (tertiary/aromatic N) is 1. The third-order valence-electron chi connectivity index (χ3n) is 3.52. The van der Waals surface area contributed by atoms with E-state index in [0.29, 0.717) is 12.2 Å². The van der Waals surface area contributed by atoms with E-state index in [-0.39, 0.29) is 0 Å². The van der Waals surface area contributed by atoms with Gasteiger partial charge in [-0.1, -0.05) is 0 Å². The van der Waals surface area contributed by atoms with Crippen LogP contribution in [0.2, 0.25) is 0 Å². The Bertz CT molecular complexity index is 259. The molecule has 104 valence electrons. The standard InChI is InChI=1S/C13H25N3O2/c1-14-13(16-10-12-6-4-8-18-12)15-9-11-5-2-3-7-17-11/h11-12H,2-10H2,1H3,(H2,14,15,16). The molecular formula is C13H25N3O2. The summed E-state index contributed by atoms with van der Waals surface area (Å²) in [6.45, 7) is 3.47. The van der Waals surface area contributed by atoms with Crippen molar-refractivity contribution in [2.45, 2.75) is 44.3 Å². The molecule has 2 unspecified atom stereocenters. The largest absolute Gasteiger partial charge is 0.376 e. The van der Waals surface area contributed by atoms with Gasteiger partial charge in [0.2, 0.25) is 0 Å². The molecule has 0 aromatic heterocycles. The molecule has 2 fully saturated rings. The summed E-state index contributed by atoms with van der Waals surface area (Å²) in [5, 5.41) is 6.63. The van der Waals surface area contributed by atoms with Crippen LogP contribution in [-0.4, -0.2) is 51.5 Å². The molecule has 0 bridgehead atoms. The first-order valence-corrected chi connectivity index (χ1v) is 7.06. The van der Waals surface area contributed by atoms with Crippen LogP contribution < -0.4 is 10.6 Å². The fraction of sp³-hybridized carbons (Fsp3) is 0.923. The topological polar surface area (TPSA) is 54.9 Å². The van der Waals surface area contributed by atoms with Crippen molar-refractivity contribution in [1.82, 2.24) is 10.6 Å². The van der Waals surface area contributed by atoms with Crippen LogP contribution >= 0.6 is 0 Å². The monoisotopic (exact) mass is 255 g/mol. The quantitative estimate of drug-likeness (QED) is 0.579. The van der Waals surface area contributed by atoms with Gasteiger partial charge in [-0.25, -0.2) is 0 Å². The van der Waals surface area contributed by atoms with Crippen LogP contribution in [-0.2, 0) is 9.47 Å². The Hall–Kier alpha value is -0.810. The van der Waals surface area contributed by atoms with Gasteiger partial charge in [0.1, 0.15) is 0 Å². The Balaban J connectivity index is 1.62. The lowest BCUT2D eigenvalue weighted by Gasteiger charge is -2.24. The summed E-state index contributed by atoms with van der Waals surface area (Å²) in [4.78, 5) is 4.22. The zero-order chi connectivity index (χ0) is 12.6. The van der Waals surface area contributed by atoms with E-state index in [1.165, 1.54) is 19.3 Å². The maximum Gasteiger partial charge on any atom is 0.191 e. The molecule has 0 amide bonds. The van der Waals surface area contributed by atoms with E-state index in [1.54, 1.807) is 7.05 Å². The van der Waals surface area contributed by atoms with Crippen molar-refractivity contribution in [3.8, 4) is 0 Å². The Labute approximate surface area is 109 Å². The molecule has 2 aliphatic rings. The highest BCUT2D eigenvalue weighted by Crippen LogP contribution is 2.12. The fourth-order valence-electron chi connectivity index (χ4n) is 2.42. The van der Waals surface area contributed by atoms with Crippen molar-refractivity contribution in [2.24, 2.45) is 4.99 Å². The normalized spacial score (nSPS) is 29.3. The molecule has 0 saturated carbocycles. The molecule has 2 heterocycles. The molecule has 5 heteroatoms. The lowest BCUT2D eigenvalue weighted by atomic mass is 10.1. The Morgan fingerprint density at radius 2 is 1.61 bits per heavy atom. The zero-order valence-electron chi connectivity index (χ0n) is 11.3. The van der Waals surface area contributed by atoms with Crippen LogP contribution in [0, 0.1) is 0 Å². The van der Waals surface area contributed by atoms with Crippen molar-refractivity contribution in [1.29, 1.82) is 0 Å². The summed E-state index contributed by atoms with van der Waals surface area (Å²) in [5.74, 6) is 0.847. The van der Waals surface area contributed by atoms with Crippen molar-refractivity contribution in [3.63, 3.8) is 0 Å². The first kappa shape index (κ1) is 13.6. The highest BCUT2D eigenvalue weighted by atomic mass is 16.5. The van der Waals surface area contributed by atoms with Crippen LogP contribution in [0.3, 0.4) is 0 Å². The number of hydrogen-bond acceptors (Lipinski definition) is 3. The number of hydrogen-bond donors (Lipinski definition) is 2. The zero-order valence-corrected chi connectivity index (χ0v) is 11.3. The number of rotatable bonds is 4. The van der Waals surface area contributed by atoms with Gasteiger partial charge in [0.25, 0.3) is 0 Å². The highest BCUT2D eigenvalue weighted by molar-refractivity contribution is 5.79. The molecule has 2 aliphatic heterocycles. The smallest absolute Gasteiger partial charge is 0.191 e. The van der Waals surface area contributed by atoms with Gasteiger partial charge in [-0.05, 0) is 32.1 Å². The summed E-state index contributed by atoms with van der Waals surface area (Å²) in [7, 11) is 1.80. The second-order valence-electron chi connectivity index (χ2n) is 4.96. The highest BCUT2D eigenvalue weighted by Gasteiger charge is 2.17. The molecule has 2 atom stereocenters. The minimum absolute atomic E-state index is 0.333. The first-order valence-electron chi connectivity index (χ1n) is 7.06. The van der Waals surface area contributed by atoms with Gasteiger partial charge >= 0.3 is 0 Å². The number of guanidine groups is 1. The van der Waals surface area contributed by atoms with E-state index in [9.17, 15) is 0 Å². The Kier molecular flexibility index (Phi) is 5.74. The van der Waals surface area contributed by atoms with Gasteiger partial charge in [0.15, 0.2) is 5.96 Å². The minimum atomic E-state index is 0.333. The van der Waals surface area contributed by atoms with Gasteiger partial charge in [0, 0.05) is 33.4 Å². The van der Waals surface area contributed by atoms with E-state index >= 15 is 0 Å². The predicted molar refractivity (Wildman–Crippen MR) is 71.9 cm³/mol. The predicted octanol–water partition coefficient (Wildman–Crippen LogP) is 0.900. The van der Waals surface area contributed by atoms with E-state index in [1.807, 2.05) is 0 Å². The van der Waals surface area contributed by atoms with Gasteiger partial charge < -0.3 is 20.1 Å². The Morgan fingerprint density at radius 3 is 2.11 bits per heavy atom. The second kappa shape index (κ2) is 7.59. The number of aliphatic imine (C=N–C) groups is 1.